The van der Waals surface area contributed by atoms with Gasteiger partial charge in [-0.05, 0) is 36.5 Å². The molecule has 0 amide bonds. The van der Waals surface area contributed by atoms with Crippen LogP contribution in [0, 0.1) is 0 Å². The second-order valence-electron chi connectivity index (χ2n) is 5.49. The van der Waals surface area contributed by atoms with Gasteiger partial charge in [0.05, 0.1) is 0 Å². The van der Waals surface area contributed by atoms with Crippen molar-refractivity contribution in [2.45, 2.75) is 25.3 Å². The predicted molar refractivity (Wildman–Crippen MR) is 85.1 cm³/mol. The second kappa shape index (κ2) is 6.10. The number of fused-ring (bicyclic) bond motifs is 1. The minimum absolute atomic E-state index is 0.480. The van der Waals surface area contributed by atoms with Crippen molar-refractivity contribution in [3.8, 4) is 0 Å². The third-order valence-corrected chi connectivity index (χ3v) is 4.24. The van der Waals surface area contributed by atoms with Gasteiger partial charge in [-0.15, -0.1) is 0 Å². The van der Waals surface area contributed by atoms with Crippen LogP contribution in [0.3, 0.4) is 0 Å². The molecule has 0 aliphatic carbocycles. The Morgan fingerprint density at radius 3 is 2.55 bits per heavy atom. The summed E-state index contributed by atoms with van der Waals surface area (Å²) in [4.78, 5) is 2.51. The van der Waals surface area contributed by atoms with Crippen molar-refractivity contribution in [3.63, 3.8) is 0 Å². The molecular formula is C18H22N2. The highest BCUT2D eigenvalue weighted by atomic mass is 15.2. The Morgan fingerprint density at radius 2 is 1.75 bits per heavy atom. The zero-order chi connectivity index (χ0) is 13.8. The molecular weight excluding hydrogens is 244 g/mol. The van der Waals surface area contributed by atoms with E-state index in [0.29, 0.717) is 6.04 Å². The Hall–Kier alpha value is -1.80. The van der Waals surface area contributed by atoms with E-state index in [0.717, 1.165) is 25.9 Å². The van der Waals surface area contributed by atoms with Crippen LogP contribution in [0.4, 0.5) is 5.69 Å². The molecule has 1 heterocycles. The standard InChI is InChI=1S/C18H22N2/c19-14-17-11-10-16-8-4-5-9-18(16)20(17)13-12-15-6-2-1-3-7-15/h1-9,17H,10-14,19H2. The highest BCUT2D eigenvalue weighted by molar-refractivity contribution is 5.56. The Labute approximate surface area is 121 Å². The first-order chi connectivity index (χ1) is 9.88. The van der Waals surface area contributed by atoms with Gasteiger partial charge in [0.2, 0.25) is 0 Å². The van der Waals surface area contributed by atoms with E-state index in [1.54, 1.807) is 0 Å². The molecule has 2 N–H and O–H groups in total. The molecule has 0 fully saturated rings. The van der Waals surface area contributed by atoms with E-state index in [1.165, 1.54) is 23.2 Å². The van der Waals surface area contributed by atoms with Crippen molar-refractivity contribution < 1.29 is 0 Å². The lowest BCUT2D eigenvalue weighted by Crippen LogP contribution is -2.45. The Balaban J connectivity index is 1.79. The fourth-order valence-electron chi connectivity index (χ4n) is 3.12. The quantitative estimate of drug-likeness (QED) is 0.921. The fourth-order valence-corrected chi connectivity index (χ4v) is 3.12. The maximum absolute atomic E-state index is 5.98. The van der Waals surface area contributed by atoms with E-state index in [4.69, 9.17) is 5.73 Å². The number of nitrogens with zero attached hydrogens (tertiary/aromatic N) is 1. The molecule has 2 nitrogen and oxygen atoms in total. The van der Waals surface area contributed by atoms with Gasteiger partial charge in [0, 0.05) is 24.8 Å². The number of benzene rings is 2. The smallest absolute Gasteiger partial charge is 0.0415 e. The van der Waals surface area contributed by atoms with Crippen molar-refractivity contribution in [2.24, 2.45) is 5.73 Å². The van der Waals surface area contributed by atoms with Crippen LogP contribution in [0.15, 0.2) is 54.6 Å². The van der Waals surface area contributed by atoms with Crippen molar-refractivity contribution >= 4 is 5.69 Å². The van der Waals surface area contributed by atoms with Crippen LogP contribution in [0.2, 0.25) is 0 Å². The maximum atomic E-state index is 5.98. The second-order valence-corrected chi connectivity index (χ2v) is 5.49. The van der Waals surface area contributed by atoms with Crippen molar-refractivity contribution in [1.82, 2.24) is 0 Å². The van der Waals surface area contributed by atoms with Crippen LogP contribution in [0.25, 0.3) is 0 Å². The summed E-state index contributed by atoms with van der Waals surface area (Å²) in [5.41, 5.74) is 10.2. The van der Waals surface area contributed by atoms with Crippen LogP contribution in [-0.2, 0) is 12.8 Å². The first-order valence-corrected chi connectivity index (χ1v) is 7.47. The molecule has 0 bridgehead atoms. The topological polar surface area (TPSA) is 29.3 Å². The number of rotatable bonds is 4. The van der Waals surface area contributed by atoms with Gasteiger partial charge in [-0.3, -0.25) is 0 Å². The summed E-state index contributed by atoms with van der Waals surface area (Å²) in [5, 5.41) is 0. The third-order valence-electron chi connectivity index (χ3n) is 4.24. The highest BCUT2D eigenvalue weighted by Gasteiger charge is 2.24. The van der Waals surface area contributed by atoms with Crippen LogP contribution in [0.5, 0.6) is 0 Å². The molecule has 0 aromatic heterocycles. The van der Waals surface area contributed by atoms with E-state index in [-0.39, 0.29) is 0 Å². The Morgan fingerprint density at radius 1 is 1.00 bits per heavy atom. The Bertz CT molecular complexity index is 550. The molecule has 1 unspecified atom stereocenters. The summed E-state index contributed by atoms with van der Waals surface area (Å²) in [6, 6.07) is 19.9. The summed E-state index contributed by atoms with van der Waals surface area (Å²) in [5.74, 6) is 0. The molecule has 2 aromatic rings. The average Bonchev–Trinajstić information content (AvgIpc) is 2.53. The monoisotopic (exact) mass is 266 g/mol. The largest absolute Gasteiger partial charge is 0.367 e. The van der Waals surface area contributed by atoms with Gasteiger partial charge >= 0.3 is 0 Å². The lowest BCUT2D eigenvalue weighted by molar-refractivity contribution is 0.533. The molecule has 0 saturated carbocycles. The van der Waals surface area contributed by atoms with Gasteiger partial charge in [-0.1, -0.05) is 48.5 Å². The molecule has 104 valence electrons. The molecule has 0 spiro atoms. The summed E-state index contributed by atoms with van der Waals surface area (Å²) >= 11 is 0. The van der Waals surface area contributed by atoms with Gasteiger partial charge in [-0.2, -0.15) is 0 Å². The maximum Gasteiger partial charge on any atom is 0.0415 e. The third kappa shape index (κ3) is 2.70. The first-order valence-electron chi connectivity index (χ1n) is 7.47. The summed E-state index contributed by atoms with van der Waals surface area (Å²) < 4.78 is 0. The van der Waals surface area contributed by atoms with E-state index in [1.807, 2.05) is 0 Å². The average molecular weight is 266 g/mol. The molecule has 20 heavy (non-hydrogen) atoms. The van der Waals surface area contributed by atoms with Crippen LogP contribution in [-0.4, -0.2) is 19.1 Å². The number of anilines is 1. The summed E-state index contributed by atoms with van der Waals surface area (Å²) in [6.45, 7) is 1.78. The van der Waals surface area contributed by atoms with Crippen molar-refractivity contribution in [1.29, 1.82) is 0 Å². The molecule has 1 atom stereocenters. The zero-order valence-electron chi connectivity index (χ0n) is 11.8. The molecule has 2 heteroatoms. The van der Waals surface area contributed by atoms with Gasteiger partial charge < -0.3 is 10.6 Å². The normalized spacial score (nSPS) is 17.9. The molecule has 1 aliphatic heterocycles. The highest BCUT2D eigenvalue weighted by Crippen LogP contribution is 2.30. The van der Waals surface area contributed by atoms with Gasteiger partial charge in [0.15, 0.2) is 0 Å². The molecule has 3 rings (SSSR count). The lowest BCUT2D eigenvalue weighted by Gasteiger charge is -2.38. The van der Waals surface area contributed by atoms with Crippen LogP contribution in [0.1, 0.15) is 17.5 Å². The number of aryl methyl sites for hydroxylation is 1. The number of hydrogen-bond acceptors (Lipinski definition) is 2. The van der Waals surface area contributed by atoms with Gasteiger partial charge in [-0.25, -0.2) is 0 Å². The SMILES string of the molecule is NCC1CCc2ccccc2N1CCc1ccccc1. The zero-order valence-corrected chi connectivity index (χ0v) is 11.8. The molecule has 0 saturated heterocycles. The van der Waals surface area contributed by atoms with E-state index in [9.17, 15) is 0 Å². The minimum atomic E-state index is 0.480. The fraction of sp³-hybridized carbons (Fsp3) is 0.333. The van der Waals surface area contributed by atoms with Crippen molar-refractivity contribution in [3.05, 3.63) is 65.7 Å². The van der Waals surface area contributed by atoms with Crippen LogP contribution >= 0.6 is 0 Å². The van der Waals surface area contributed by atoms with E-state index < -0.39 is 0 Å². The summed E-state index contributed by atoms with van der Waals surface area (Å²) in [7, 11) is 0. The number of para-hydroxylation sites is 1. The number of nitrogens with two attached hydrogens (primary N) is 1. The Kier molecular flexibility index (Phi) is 4.03. The minimum Gasteiger partial charge on any atom is -0.367 e. The molecule has 1 aliphatic rings. The van der Waals surface area contributed by atoms with E-state index >= 15 is 0 Å². The molecule has 2 aromatic carbocycles. The summed E-state index contributed by atoms with van der Waals surface area (Å²) in [6.07, 6.45) is 3.40. The molecule has 0 radical (unpaired) electrons. The van der Waals surface area contributed by atoms with Crippen LogP contribution < -0.4 is 10.6 Å². The lowest BCUT2D eigenvalue weighted by atomic mass is 9.95. The van der Waals surface area contributed by atoms with Gasteiger partial charge in [0.25, 0.3) is 0 Å². The van der Waals surface area contributed by atoms with Gasteiger partial charge in [0.1, 0.15) is 0 Å². The number of hydrogen-bond donors (Lipinski definition) is 1. The predicted octanol–water partition coefficient (Wildman–Crippen LogP) is 3.01. The van der Waals surface area contributed by atoms with Crippen molar-refractivity contribution in [2.75, 3.05) is 18.0 Å². The first kappa shape index (κ1) is 13.2. The van der Waals surface area contributed by atoms with E-state index in [2.05, 4.69) is 59.5 Å².